The highest BCUT2D eigenvalue weighted by Gasteiger charge is 2.20. The number of rotatable bonds is 2. The number of pyridine rings is 1. The second-order valence-corrected chi connectivity index (χ2v) is 4.35. The molecule has 0 spiro atoms. The molecule has 0 radical (unpaired) electrons. The quantitative estimate of drug-likeness (QED) is 0.800. The average molecular weight is 249 g/mol. The Morgan fingerprint density at radius 1 is 1.28 bits per heavy atom. The first-order chi connectivity index (χ1) is 8.65. The smallest absolute Gasteiger partial charge is 0.236 e. The van der Waals surface area contributed by atoms with Crippen LogP contribution in [-0.4, -0.2) is 47.4 Å². The minimum absolute atomic E-state index is 0.193. The first-order valence-corrected chi connectivity index (χ1v) is 6.53. The third-order valence-electron chi connectivity index (χ3n) is 2.89. The van der Waals surface area contributed by atoms with Crippen LogP contribution in [0, 0.1) is 6.92 Å². The highest BCUT2D eigenvalue weighted by atomic mass is 16.2. The molecular formula is C14H23N3O. The maximum Gasteiger partial charge on any atom is 0.236 e. The first kappa shape index (κ1) is 14.6. The van der Waals surface area contributed by atoms with Crippen LogP contribution in [0.5, 0.6) is 0 Å². The molecule has 4 heteroatoms. The molecule has 4 nitrogen and oxygen atoms in total. The van der Waals surface area contributed by atoms with Gasteiger partial charge in [0.05, 0.1) is 12.2 Å². The van der Waals surface area contributed by atoms with Gasteiger partial charge in [-0.05, 0) is 18.6 Å². The lowest BCUT2D eigenvalue weighted by atomic mass is 10.2. The van der Waals surface area contributed by atoms with Crippen LogP contribution in [0.1, 0.15) is 25.1 Å². The molecule has 2 heterocycles. The number of nitrogens with zero attached hydrogens (tertiary/aromatic N) is 3. The van der Waals surface area contributed by atoms with Crippen molar-refractivity contribution in [2.24, 2.45) is 0 Å². The predicted molar refractivity (Wildman–Crippen MR) is 73.2 cm³/mol. The van der Waals surface area contributed by atoms with Gasteiger partial charge in [0.2, 0.25) is 5.91 Å². The summed E-state index contributed by atoms with van der Waals surface area (Å²) in [4.78, 5) is 19.8. The zero-order valence-corrected chi connectivity index (χ0v) is 11.8. The minimum atomic E-state index is 0.193. The third kappa shape index (κ3) is 4.11. The maximum atomic E-state index is 11.5. The summed E-state index contributed by atoms with van der Waals surface area (Å²) in [6.45, 7) is 9.03. The summed E-state index contributed by atoms with van der Waals surface area (Å²) in [6, 6.07) is 4.08. The molecule has 0 aliphatic carbocycles. The number of piperazine rings is 1. The molecule has 0 unspecified atom stereocenters. The molecule has 1 aliphatic rings. The van der Waals surface area contributed by atoms with Crippen LogP contribution in [0.15, 0.2) is 18.3 Å². The summed E-state index contributed by atoms with van der Waals surface area (Å²) in [7, 11) is 1.85. The number of carbonyl (C=O) groups is 1. The third-order valence-corrected chi connectivity index (χ3v) is 2.89. The van der Waals surface area contributed by atoms with Crippen LogP contribution in [0.3, 0.4) is 0 Å². The van der Waals surface area contributed by atoms with E-state index >= 15 is 0 Å². The fourth-order valence-electron chi connectivity index (χ4n) is 1.76. The van der Waals surface area contributed by atoms with E-state index in [0.717, 1.165) is 25.3 Å². The Balaban J connectivity index is 0.000000771. The van der Waals surface area contributed by atoms with Crippen molar-refractivity contribution < 1.29 is 4.79 Å². The van der Waals surface area contributed by atoms with Crippen LogP contribution in [0.2, 0.25) is 0 Å². The van der Waals surface area contributed by atoms with Crippen molar-refractivity contribution in [3.63, 3.8) is 0 Å². The molecule has 0 aromatic carbocycles. The fraction of sp³-hybridized carbons (Fsp3) is 0.571. The molecule has 1 saturated heterocycles. The van der Waals surface area contributed by atoms with Gasteiger partial charge >= 0.3 is 0 Å². The second kappa shape index (κ2) is 7.11. The van der Waals surface area contributed by atoms with Gasteiger partial charge in [-0.3, -0.25) is 14.7 Å². The summed E-state index contributed by atoms with van der Waals surface area (Å²) in [6.07, 6.45) is 1.87. The Morgan fingerprint density at radius 3 is 2.56 bits per heavy atom. The van der Waals surface area contributed by atoms with Crippen LogP contribution < -0.4 is 0 Å². The van der Waals surface area contributed by atoms with Crippen LogP contribution in [0.4, 0.5) is 0 Å². The largest absolute Gasteiger partial charge is 0.343 e. The fourth-order valence-corrected chi connectivity index (χ4v) is 1.76. The van der Waals surface area contributed by atoms with Crippen molar-refractivity contribution in [1.29, 1.82) is 0 Å². The van der Waals surface area contributed by atoms with E-state index in [2.05, 4.69) is 16.0 Å². The Bertz CT molecular complexity index is 375. The minimum Gasteiger partial charge on any atom is -0.343 e. The van der Waals surface area contributed by atoms with Crippen molar-refractivity contribution in [2.75, 3.05) is 26.7 Å². The normalized spacial score (nSPS) is 16.2. The van der Waals surface area contributed by atoms with Crippen molar-refractivity contribution in [3.05, 3.63) is 29.6 Å². The van der Waals surface area contributed by atoms with Gasteiger partial charge in [-0.25, -0.2) is 0 Å². The molecule has 1 aliphatic heterocycles. The highest BCUT2D eigenvalue weighted by Crippen LogP contribution is 2.07. The van der Waals surface area contributed by atoms with E-state index in [0.29, 0.717) is 6.54 Å². The van der Waals surface area contributed by atoms with Gasteiger partial charge in [0.15, 0.2) is 0 Å². The first-order valence-electron chi connectivity index (χ1n) is 6.53. The molecule has 0 saturated carbocycles. The molecule has 0 N–H and O–H groups in total. The molecule has 0 atom stereocenters. The van der Waals surface area contributed by atoms with Crippen LogP contribution in [-0.2, 0) is 11.3 Å². The van der Waals surface area contributed by atoms with E-state index in [1.54, 1.807) is 4.90 Å². The van der Waals surface area contributed by atoms with E-state index in [9.17, 15) is 4.79 Å². The van der Waals surface area contributed by atoms with Gasteiger partial charge in [-0.2, -0.15) is 0 Å². The van der Waals surface area contributed by atoms with Crippen molar-refractivity contribution in [1.82, 2.24) is 14.8 Å². The highest BCUT2D eigenvalue weighted by molar-refractivity contribution is 5.78. The van der Waals surface area contributed by atoms with Gasteiger partial charge in [0, 0.05) is 32.9 Å². The van der Waals surface area contributed by atoms with Crippen molar-refractivity contribution >= 4 is 5.91 Å². The lowest BCUT2D eigenvalue weighted by Crippen LogP contribution is -2.48. The zero-order chi connectivity index (χ0) is 13.5. The topological polar surface area (TPSA) is 36.4 Å². The number of carbonyl (C=O) groups excluding carboxylic acids is 1. The van der Waals surface area contributed by atoms with Gasteiger partial charge < -0.3 is 4.90 Å². The Labute approximate surface area is 110 Å². The summed E-state index contributed by atoms with van der Waals surface area (Å²) < 4.78 is 0. The van der Waals surface area contributed by atoms with Gasteiger partial charge in [-0.15, -0.1) is 0 Å². The molecule has 1 fully saturated rings. The Kier molecular flexibility index (Phi) is 5.78. The SMILES string of the molecule is CC.Cc1ccc(CN2CCN(C)C(=O)C2)nc1. The number of likely N-dealkylation sites (N-methyl/N-ethyl adjacent to an activating group) is 1. The molecule has 100 valence electrons. The summed E-state index contributed by atoms with van der Waals surface area (Å²) in [5.41, 5.74) is 2.20. The van der Waals surface area contributed by atoms with E-state index in [1.165, 1.54) is 5.56 Å². The lowest BCUT2D eigenvalue weighted by Gasteiger charge is -2.31. The number of amides is 1. The second-order valence-electron chi connectivity index (χ2n) is 4.35. The average Bonchev–Trinajstić information content (AvgIpc) is 2.39. The summed E-state index contributed by atoms with van der Waals surface area (Å²) in [5, 5.41) is 0. The Morgan fingerprint density at radius 2 is 2.00 bits per heavy atom. The monoisotopic (exact) mass is 249 g/mol. The number of hydrogen-bond donors (Lipinski definition) is 0. The molecule has 18 heavy (non-hydrogen) atoms. The predicted octanol–water partition coefficient (Wildman–Crippen LogP) is 1.69. The lowest BCUT2D eigenvalue weighted by molar-refractivity contribution is -0.134. The van der Waals surface area contributed by atoms with Crippen molar-refractivity contribution in [3.8, 4) is 0 Å². The molecule has 0 bridgehead atoms. The van der Waals surface area contributed by atoms with Gasteiger partial charge in [0.25, 0.3) is 0 Å². The molecule has 1 aromatic heterocycles. The van der Waals surface area contributed by atoms with E-state index in [4.69, 9.17) is 0 Å². The van der Waals surface area contributed by atoms with Crippen LogP contribution >= 0.6 is 0 Å². The van der Waals surface area contributed by atoms with Gasteiger partial charge in [0.1, 0.15) is 0 Å². The van der Waals surface area contributed by atoms with E-state index in [-0.39, 0.29) is 5.91 Å². The van der Waals surface area contributed by atoms with E-state index in [1.807, 2.05) is 40.1 Å². The number of aryl methyl sites for hydroxylation is 1. The molecular weight excluding hydrogens is 226 g/mol. The Hall–Kier alpha value is -1.42. The molecule has 1 aromatic rings. The summed E-state index contributed by atoms with van der Waals surface area (Å²) in [5.74, 6) is 0.193. The van der Waals surface area contributed by atoms with E-state index < -0.39 is 0 Å². The van der Waals surface area contributed by atoms with Crippen LogP contribution in [0.25, 0.3) is 0 Å². The number of hydrogen-bond acceptors (Lipinski definition) is 3. The maximum absolute atomic E-state index is 11.5. The molecule has 1 amide bonds. The molecule has 2 rings (SSSR count). The van der Waals surface area contributed by atoms with Gasteiger partial charge in [-0.1, -0.05) is 19.9 Å². The zero-order valence-electron chi connectivity index (χ0n) is 11.8. The summed E-state index contributed by atoms with van der Waals surface area (Å²) >= 11 is 0. The standard InChI is InChI=1S/C12H17N3O.C2H6/c1-10-3-4-11(13-7-10)8-15-6-5-14(2)12(16)9-15;1-2/h3-4,7H,5-6,8-9H2,1-2H3;1-2H3. The number of aromatic nitrogens is 1. The van der Waals surface area contributed by atoms with Crippen molar-refractivity contribution in [2.45, 2.75) is 27.3 Å².